The van der Waals surface area contributed by atoms with Crippen LogP contribution in [0.5, 0.6) is 0 Å². The molecule has 1 aromatic carbocycles. The minimum Gasteiger partial charge on any atom is -0.319 e. The lowest BCUT2D eigenvalue weighted by Gasteiger charge is -2.09. The maximum absolute atomic E-state index is 13.3. The van der Waals surface area contributed by atoms with Gasteiger partial charge in [-0.15, -0.1) is 0 Å². The lowest BCUT2D eigenvalue weighted by atomic mass is 10.1. The number of halogens is 2. The molecule has 0 aliphatic rings. The largest absolute Gasteiger partial charge is 0.319 e. The molecule has 5 nitrogen and oxygen atoms in total. The molecule has 4 rings (SSSR count). The Morgan fingerprint density at radius 3 is 2.85 bits per heavy atom. The van der Waals surface area contributed by atoms with Gasteiger partial charge >= 0.3 is 0 Å². The lowest BCUT2D eigenvalue weighted by molar-refractivity contribution is 0.102. The Kier molecular flexibility index (Phi) is 4.10. The number of imidazole rings is 1. The Morgan fingerprint density at radius 1 is 1.12 bits per heavy atom. The van der Waals surface area contributed by atoms with Crippen LogP contribution in [0.1, 0.15) is 10.4 Å². The van der Waals surface area contributed by atoms with Crippen LogP contribution in [0.2, 0.25) is 5.15 Å². The van der Waals surface area contributed by atoms with Crippen LogP contribution < -0.4 is 5.32 Å². The van der Waals surface area contributed by atoms with Gasteiger partial charge in [-0.1, -0.05) is 17.7 Å². The molecule has 0 aliphatic heterocycles. The van der Waals surface area contributed by atoms with Crippen LogP contribution in [0.4, 0.5) is 10.1 Å². The first kappa shape index (κ1) is 16.2. The van der Waals surface area contributed by atoms with E-state index in [0.717, 1.165) is 22.8 Å². The molecule has 0 unspecified atom stereocenters. The highest BCUT2D eigenvalue weighted by Crippen LogP contribution is 2.27. The second-order valence-corrected chi connectivity index (χ2v) is 6.00. The topological polar surface area (TPSA) is 59.3 Å². The van der Waals surface area contributed by atoms with Gasteiger partial charge in [0.15, 0.2) is 5.15 Å². The van der Waals surface area contributed by atoms with E-state index in [1.54, 1.807) is 18.5 Å². The van der Waals surface area contributed by atoms with Gasteiger partial charge in [0.25, 0.3) is 5.91 Å². The van der Waals surface area contributed by atoms with Crippen LogP contribution in [-0.4, -0.2) is 20.3 Å². The number of aromatic nitrogens is 3. The van der Waals surface area contributed by atoms with Crippen molar-refractivity contribution in [3.8, 4) is 11.1 Å². The quantitative estimate of drug-likeness (QED) is 0.545. The number of benzene rings is 1. The van der Waals surface area contributed by atoms with Crippen LogP contribution in [0.15, 0.2) is 67.3 Å². The number of pyridine rings is 2. The third-order valence-electron chi connectivity index (χ3n) is 3.90. The van der Waals surface area contributed by atoms with Gasteiger partial charge in [-0.3, -0.25) is 4.79 Å². The molecule has 0 atom stereocenters. The summed E-state index contributed by atoms with van der Waals surface area (Å²) in [5, 5.41) is 2.83. The molecular formula is C19H12ClFN4O. The number of carbonyl (C=O) groups excluding carboxylic acids is 1. The fourth-order valence-corrected chi connectivity index (χ4v) is 2.76. The van der Waals surface area contributed by atoms with E-state index < -0.39 is 11.7 Å². The molecule has 0 aliphatic carbocycles. The molecule has 7 heteroatoms. The molecule has 3 heterocycles. The molecule has 4 aromatic rings. The van der Waals surface area contributed by atoms with Crippen molar-refractivity contribution in [3.05, 3.63) is 83.8 Å². The number of carbonyl (C=O) groups is 1. The van der Waals surface area contributed by atoms with Gasteiger partial charge < -0.3 is 9.72 Å². The van der Waals surface area contributed by atoms with Crippen molar-refractivity contribution >= 4 is 28.8 Å². The molecule has 0 saturated carbocycles. The first-order valence-electron chi connectivity index (χ1n) is 7.76. The summed E-state index contributed by atoms with van der Waals surface area (Å²) in [4.78, 5) is 20.7. The standard InChI is InChI=1S/C19H12ClFN4O/c20-18-16(24-19(26)12-2-1-3-15(21)8-12)9-14(10-23-18)13-4-5-17-22-6-7-25(17)11-13/h1-11H,(H,24,26). The first-order valence-corrected chi connectivity index (χ1v) is 8.13. The Hall–Kier alpha value is -3.25. The highest BCUT2D eigenvalue weighted by molar-refractivity contribution is 6.32. The normalized spacial score (nSPS) is 10.8. The zero-order chi connectivity index (χ0) is 18.1. The lowest BCUT2D eigenvalue weighted by Crippen LogP contribution is -2.12. The first-order chi connectivity index (χ1) is 12.6. The van der Waals surface area contributed by atoms with E-state index >= 15 is 0 Å². The molecule has 1 N–H and O–H groups in total. The van der Waals surface area contributed by atoms with E-state index in [9.17, 15) is 9.18 Å². The molecule has 26 heavy (non-hydrogen) atoms. The zero-order valence-corrected chi connectivity index (χ0v) is 14.1. The second-order valence-electron chi connectivity index (χ2n) is 5.64. The van der Waals surface area contributed by atoms with E-state index in [2.05, 4.69) is 15.3 Å². The SMILES string of the molecule is O=C(Nc1cc(-c2ccc3nccn3c2)cnc1Cl)c1cccc(F)c1. The number of nitrogens with one attached hydrogen (secondary N) is 1. The number of nitrogens with zero attached hydrogens (tertiary/aromatic N) is 3. The summed E-state index contributed by atoms with van der Waals surface area (Å²) in [5.41, 5.74) is 3.05. The van der Waals surface area contributed by atoms with Gasteiger partial charge in [0, 0.05) is 41.5 Å². The molecule has 128 valence electrons. The van der Waals surface area contributed by atoms with E-state index in [1.807, 2.05) is 28.9 Å². The molecule has 0 fully saturated rings. The number of rotatable bonds is 3. The van der Waals surface area contributed by atoms with E-state index in [4.69, 9.17) is 11.6 Å². The monoisotopic (exact) mass is 366 g/mol. The number of fused-ring (bicyclic) bond motifs is 1. The second kappa shape index (κ2) is 6.57. The fourth-order valence-electron chi connectivity index (χ4n) is 2.61. The summed E-state index contributed by atoms with van der Waals surface area (Å²) in [6.45, 7) is 0. The fraction of sp³-hybridized carbons (Fsp3) is 0. The predicted octanol–water partition coefficient (Wildman–Crippen LogP) is 4.44. The molecule has 0 saturated heterocycles. The average Bonchev–Trinajstić information content (AvgIpc) is 3.11. The third-order valence-corrected chi connectivity index (χ3v) is 4.20. The van der Waals surface area contributed by atoms with Gasteiger partial charge in [-0.25, -0.2) is 14.4 Å². The number of anilines is 1. The Morgan fingerprint density at radius 2 is 2.00 bits per heavy atom. The maximum Gasteiger partial charge on any atom is 0.255 e. The van der Waals surface area contributed by atoms with E-state index in [-0.39, 0.29) is 10.7 Å². The van der Waals surface area contributed by atoms with E-state index in [1.165, 1.54) is 18.2 Å². The molecular weight excluding hydrogens is 355 g/mol. The smallest absolute Gasteiger partial charge is 0.255 e. The summed E-state index contributed by atoms with van der Waals surface area (Å²) < 4.78 is 15.2. The Bertz CT molecular complexity index is 1130. The maximum atomic E-state index is 13.3. The Labute approximate surface area is 153 Å². The van der Waals surface area contributed by atoms with Crippen LogP contribution >= 0.6 is 11.6 Å². The molecule has 0 radical (unpaired) electrons. The molecule has 3 aromatic heterocycles. The van der Waals surface area contributed by atoms with Crippen molar-refractivity contribution in [1.29, 1.82) is 0 Å². The highest BCUT2D eigenvalue weighted by Gasteiger charge is 2.12. The van der Waals surface area contributed by atoms with Gasteiger partial charge in [-0.05, 0) is 36.4 Å². The molecule has 0 bridgehead atoms. The van der Waals surface area contributed by atoms with Crippen LogP contribution in [0, 0.1) is 5.82 Å². The average molecular weight is 367 g/mol. The van der Waals surface area contributed by atoms with Crippen LogP contribution in [0.3, 0.4) is 0 Å². The van der Waals surface area contributed by atoms with Crippen molar-refractivity contribution in [3.63, 3.8) is 0 Å². The minimum atomic E-state index is -0.482. The van der Waals surface area contributed by atoms with E-state index in [0.29, 0.717) is 5.69 Å². The zero-order valence-electron chi connectivity index (χ0n) is 13.4. The van der Waals surface area contributed by atoms with Crippen molar-refractivity contribution in [2.24, 2.45) is 0 Å². The number of amides is 1. The van der Waals surface area contributed by atoms with Crippen molar-refractivity contribution in [2.75, 3.05) is 5.32 Å². The molecule has 1 amide bonds. The Balaban J connectivity index is 1.66. The number of hydrogen-bond acceptors (Lipinski definition) is 3. The van der Waals surface area contributed by atoms with Crippen molar-refractivity contribution in [2.45, 2.75) is 0 Å². The third kappa shape index (κ3) is 3.14. The van der Waals surface area contributed by atoms with Crippen LogP contribution in [0.25, 0.3) is 16.8 Å². The van der Waals surface area contributed by atoms with Crippen molar-refractivity contribution in [1.82, 2.24) is 14.4 Å². The summed E-state index contributed by atoms with van der Waals surface area (Å²) in [5.74, 6) is -0.945. The summed E-state index contributed by atoms with van der Waals surface area (Å²) in [7, 11) is 0. The summed E-state index contributed by atoms with van der Waals surface area (Å²) >= 11 is 6.11. The summed E-state index contributed by atoms with van der Waals surface area (Å²) in [6.07, 6.45) is 7.09. The summed E-state index contributed by atoms with van der Waals surface area (Å²) in [6, 6.07) is 11.0. The highest BCUT2D eigenvalue weighted by atomic mass is 35.5. The van der Waals surface area contributed by atoms with Gasteiger partial charge in [0.05, 0.1) is 5.69 Å². The predicted molar refractivity (Wildman–Crippen MR) is 97.8 cm³/mol. The molecule has 0 spiro atoms. The van der Waals surface area contributed by atoms with Crippen LogP contribution in [-0.2, 0) is 0 Å². The van der Waals surface area contributed by atoms with Gasteiger partial charge in [-0.2, -0.15) is 0 Å². The number of hydrogen-bond donors (Lipinski definition) is 1. The van der Waals surface area contributed by atoms with Gasteiger partial charge in [0.2, 0.25) is 0 Å². The van der Waals surface area contributed by atoms with Gasteiger partial charge in [0.1, 0.15) is 11.5 Å². The minimum absolute atomic E-state index is 0.155. The van der Waals surface area contributed by atoms with Crippen molar-refractivity contribution < 1.29 is 9.18 Å².